The third kappa shape index (κ3) is 7.15. The highest BCUT2D eigenvalue weighted by molar-refractivity contribution is 8.18. The lowest BCUT2D eigenvalue weighted by atomic mass is 10.0. The summed E-state index contributed by atoms with van der Waals surface area (Å²) < 4.78 is 17.0. The number of esters is 1. The van der Waals surface area contributed by atoms with Crippen molar-refractivity contribution in [2.75, 3.05) is 13.2 Å². The molecule has 0 atom stereocenters. The normalized spacial score (nSPS) is 14.5. The van der Waals surface area contributed by atoms with E-state index in [0.717, 1.165) is 27.8 Å². The van der Waals surface area contributed by atoms with Gasteiger partial charge in [-0.25, -0.2) is 0 Å². The largest absolute Gasteiger partial charge is 0.490 e. The molecular formula is C27H28ClNO6S. The van der Waals surface area contributed by atoms with Crippen molar-refractivity contribution in [3.63, 3.8) is 0 Å². The third-order valence-electron chi connectivity index (χ3n) is 4.94. The first-order valence-corrected chi connectivity index (χ1v) is 12.6. The van der Waals surface area contributed by atoms with Crippen LogP contribution >= 0.6 is 23.4 Å². The zero-order valence-electron chi connectivity index (χ0n) is 20.4. The number of hydrogen-bond acceptors (Lipinski definition) is 7. The molecule has 2 aromatic carbocycles. The molecule has 1 saturated heterocycles. The van der Waals surface area contributed by atoms with Crippen LogP contribution in [0.4, 0.5) is 4.79 Å². The number of ether oxygens (including phenoxy) is 3. The topological polar surface area (TPSA) is 82.1 Å². The van der Waals surface area contributed by atoms with Crippen molar-refractivity contribution in [1.82, 2.24) is 4.90 Å². The van der Waals surface area contributed by atoms with Gasteiger partial charge in [0.1, 0.15) is 13.2 Å². The molecular weight excluding hydrogens is 502 g/mol. The van der Waals surface area contributed by atoms with E-state index >= 15 is 0 Å². The van der Waals surface area contributed by atoms with Gasteiger partial charge in [0.2, 0.25) is 0 Å². The molecule has 1 aliphatic rings. The number of rotatable bonds is 11. The number of carbonyl (C=O) groups is 3. The molecule has 0 spiro atoms. The van der Waals surface area contributed by atoms with Crippen LogP contribution in [-0.2, 0) is 27.4 Å². The van der Waals surface area contributed by atoms with E-state index in [1.165, 1.54) is 0 Å². The summed E-state index contributed by atoms with van der Waals surface area (Å²) in [4.78, 5) is 38.3. The molecule has 7 nitrogen and oxygen atoms in total. The molecule has 1 fully saturated rings. The summed E-state index contributed by atoms with van der Waals surface area (Å²) in [5.41, 5.74) is 2.42. The van der Waals surface area contributed by atoms with Gasteiger partial charge < -0.3 is 14.2 Å². The number of benzene rings is 2. The summed E-state index contributed by atoms with van der Waals surface area (Å²) in [6, 6.07) is 11.0. The van der Waals surface area contributed by atoms with Crippen molar-refractivity contribution in [3.8, 4) is 11.5 Å². The van der Waals surface area contributed by atoms with E-state index in [9.17, 15) is 14.4 Å². The Balaban J connectivity index is 1.88. The highest BCUT2D eigenvalue weighted by Gasteiger charge is 2.37. The van der Waals surface area contributed by atoms with Crippen molar-refractivity contribution < 1.29 is 28.6 Å². The van der Waals surface area contributed by atoms with Crippen molar-refractivity contribution in [2.24, 2.45) is 0 Å². The highest BCUT2D eigenvalue weighted by Crippen LogP contribution is 2.37. The second-order valence-corrected chi connectivity index (χ2v) is 9.58. The summed E-state index contributed by atoms with van der Waals surface area (Å²) in [6.07, 6.45) is 3.52. The van der Waals surface area contributed by atoms with E-state index in [1.54, 1.807) is 44.2 Å². The molecule has 1 aliphatic heterocycles. The Labute approximate surface area is 220 Å². The minimum atomic E-state index is -0.636. The zero-order chi connectivity index (χ0) is 26.2. The summed E-state index contributed by atoms with van der Waals surface area (Å²) in [5.74, 6) is -0.0927. The minimum absolute atomic E-state index is 0.208. The third-order valence-corrected chi connectivity index (χ3v) is 6.10. The molecule has 0 unspecified atom stereocenters. The highest BCUT2D eigenvalue weighted by atomic mass is 35.5. The van der Waals surface area contributed by atoms with Gasteiger partial charge in [-0.15, -0.1) is 6.58 Å². The number of hydrogen-bond donors (Lipinski definition) is 0. The zero-order valence-corrected chi connectivity index (χ0v) is 22.0. The van der Waals surface area contributed by atoms with Crippen LogP contribution in [0.1, 0.15) is 37.5 Å². The summed E-state index contributed by atoms with van der Waals surface area (Å²) in [6.45, 7) is 9.39. The number of thioether (sulfide) groups is 1. The minimum Gasteiger partial charge on any atom is -0.490 e. The van der Waals surface area contributed by atoms with Crippen LogP contribution in [0.25, 0.3) is 6.08 Å². The van der Waals surface area contributed by atoms with Gasteiger partial charge in [-0.05, 0) is 80.4 Å². The van der Waals surface area contributed by atoms with Gasteiger partial charge in [0.25, 0.3) is 11.1 Å². The van der Waals surface area contributed by atoms with Crippen LogP contribution < -0.4 is 9.47 Å². The molecule has 2 aromatic rings. The first-order valence-electron chi connectivity index (χ1n) is 11.4. The van der Waals surface area contributed by atoms with Crippen molar-refractivity contribution in [2.45, 2.75) is 39.9 Å². The van der Waals surface area contributed by atoms with Gasteiger partial charge in [0.05, 0.1) is 17.6 Å². The van der Waals surface area contributed by atoms with E-state index in [1.807, 2.05) is 25.1 Å². The average molecular weight is 530 g/mol. The Morgan fingerprint density at radius 2 is 1.89 bits per heavy atom. The monoisotopic (exact) mass is 529 g/mol. The number of imide groups is 1. The Morgan fingerprint density at radius 3 is 2.53 bits per heavy atom. The van der Waals surface area contributed by atoms with E-state index < -0.39 is 23.7 Å². The maximum Gasteiger partial charge on any atom is 0.326 e. The second kappa shape index (κ2) is 12.6. The van der Waals surface area contributed by atoms with Crippen molar-refractivity contribution in [3.05, 3.63) is 75.7 Å². The average Bonchev–Trinajstić information content (AvgIpc) is 3.07. The smallest absolute Gasteiger partial charge is 0.326 e. The van der Waals surface area contributed by atoms with Crippen molar-refractivity contribution >= 4 is 46.6 Å². The molecule has 2 amide bonds. The Kier molecular flexibility index (Phi) is 9.61. The van der Waals surface area contributed by atoms with Crippen LogP contribution in [-0.4, -0.2) is 41.3 Å². The quantitative estimate of drug-likeness (QED) is 0.199. The van der Waals surface area contributed by atoms with Gasteiger partial charge in [-0.3, -0.25) is 19.3 Å². The standard InChI is InChI=1S/C27H28ClNO6S/c1-5-7-20-12-19(14-23-26(31)29(27(32)36-23)15-24(30)35-17(3)4)13-22(33-6-2)25(20)34-16-18-8-10-21(28)11-9-18/h5,8-14,17H,1,6-7,15-16H2,2-4H3/b23-14+. The molecule has 3 rings (SSSR count). The lowest BCUT2D eigenvalue weighted by molar-refractivity contribution is -0.149. The fraction of sp³-hybridized carbons (Fsp3) is 0.296. The van der Waals surface area contributed by atoms with Gasteiger partial charge in [0.15, 0.2) is 11.5 Å². The van der Waals surface area contributed by atoms with Gasteiger partial charge in [-0.2, -0.15) is 0 Å². The lowest BCUT2D eigenvalue weighted by Crippen LogP contribution is -2.35. The van der Waals surface area contributed by atoms with E-state index in [0.29, 0.717) is 41.7 Å². The number of allylic oxidation sites excluding steroid dienone is 1. The predicted molar refractivity (Wildman–Crippen MR) is 141 cm³/mol. The van der Waals surface area contributed by atoms with Crippen LogP contribution in [0.15, 0.2) is 54.0 Å². The molecule has 0 aromatic heterocycles. The first-order chi connectivity index (χ1) is 17.2. The molecule has 0 saturated carbocycles. The second-order valence-electron chi connectivity index (χ2n) is 8.15. The number of halogens is 1. The van der Waals surface area contributed by atoms with E-state index in [2.05, 4.69) is 6.58 Å². The van der Waals surface area contributed by atoms with Gasteiger partial charge in [0, 0.05) is 10.6 Å². The molecule has 9 heteroatoms. The Bertz CT molecular complexity index is 1180. The SMILES string of the molecule is C=CCc1cc(/C=C2/SC(=O)N(CC(=O)OC(C)C)C2=O)cc(OCC)c1OCc1ccc(Cl)cc1. The lowest BCUT2D eigenvalue weighted by Gasteiger charge is -2.17. The molecule has 0 aliphatic carbocycles. The van der Waals surface area contributed by atoms with Crippen molar-refractivity contribution in [1.29, 1.82) is 0 Å². The van der Waals surface area contributed by atoms with E-state index in [-0.39, 0.29) is 11.0 Å². The van der Waals surface area contributed by atoms with Crippen LogP contribution in [0.2, 0.25) is 5.02 Å². The predicted octanol–water partition coefficient (Wildman–Crippen LogP) is 6.03. The molecule has 0 N–H and O–H groups in total. The van der Waals surface area contributed by atoms with E-state index in [4.69, 9.17) is 25.8 Å². The van der Waals surface area contributed by atoms with Crippen LogP contribution in [0.5, 0.6) is 11.5 Å². The molecule has 190 valence electrons. The molecule has 36 heavy (non-hydrogen) atoms. The first kappa shape index (κ1) is 27.4. The maximum absolute atomic E-state index is 12.8. The summed E-state index contributed by atoms with van der Waals surface area (Å²) in [5, 5.41) is 0.123. The van der Waals surface area contributed by atoms with Crippen LogP contribution in [0, 0.1) is 0 Å². The number of nitrogens with zero attached hydrogens (tertiary/aromatic N) is 1. The fourth-order valence-corrected chi connectivity index (χ4v) is 4.42. The van der Waals surface area contributed by atoms with Gasteiger partial charge in [-0.1, -0.05) is 29.8 Å². The Hall–Kier alpha value is -3.23. The molecule has 0 bridgehead atoms. The molecule has 0 radical (unpaired) electrons. The van der Waals surface area contributed by atoms with Gasteiger partial charge >= 0.3 is 5.97 Å². The number of carbonyl (C=O) groups excluding carboxylic acids is 3. The molecule has 1 heterocycles. The number of amides is 2. The summed E-state index contributed by atoms with van der Waals surface area (Å²) in [7, 11) is 0. The maximum atomic E-state index is 12.8. The van der Waals surface area contributed by atoms with Crippen LogP contribution in [0.3, 0.4) is 0 Å². The summed E-state index contributed by atoms with van der Waals surface area (Å²) >= 11 is 6.75. The fourth-order valence-electron chi connectivity index (χ4n) is 3.45. The Morgan fingerprint density at radius 1 is 1.17 bits per heavy atom.